The lowest BCUT2D eigenvalue weighted by Crippen LogP contribution is -2.22. The Morgan fingerprint density at radius 3 is 2.83 bits per heavy atom. The van der Waals surface area contributed by atoms with Crippen molar-refractivity contribution in [3.05, 3.63) is 55.9 Å². The molecule has 5 heteroatoms. The van der Waals surface area contributed by atoms with E-state index in [9.17, 15) is 9.18 Å². The lowest BCUT2D eigenvalue weighted by molar-refractivity contribution is 0.0951. The second-order valence-corrected chi connectivity index (χ2v) is 6.20. The molecule has 1 aromatic heterocycles. The summed E-state index contributed by atoms with van der Waals surface area (Å²) in [6, 6.07) is 6.60. The Morgan fingerprint density at radius 1 is 1.44 bits per heavy atom. The minimum atomic E-state index is -0.230. The first-order valence-electron chi connectivity index (χ1n) is 5.33. The SMILES string of the molecule is Cc1cc(CNC(=O)c2csc(Br)c2)ccc1F. The topological polar surface area (TPSA) is 29.1 Å². The minimum Gasteiger partial charge on any atom is -0.348 e. The zero-order valence-corrected chi connectivity index (χ0v) is 12.1. The average Bonchev–Trinajstić information content (AvgIpc) is 2.77. The Labute approximate surface area is 117 Å². The number of carbonyl (C=O) groups is 1. The van der Waals surface area contributed by atoms with Crippen molar-refractivity contribution < 1.29 is 9.18 Å². The van der Waals surface area contributed by atoms with Crippen LogP contribution in [0.3, 0.4) is 0 Å². The Balaban J connectivity index is 1.99. The van der Waals surface area contributed by atoms with Crippen LogP contribution in [-0.4, -0.2) is 5.91 Å². The van der Waals surface area contributed by atoms with E-state index in [0.29, 0.717) is 17.7 Å². The van der Waals surface area contributed by atoms with Crippen molar-refractivity contribution in [3.63, 3.8) is 0 Å². The van der Waals surface area contributed by atoms with E-state index in [2.05, 4.69) is 21.2 Å². The number of amides is 1. The Morgan fingerprint density at radius 2 is 2.22 bits per heavy atom. The van der Waals surface area contributed by atoms with E-state index in [4.69, 9.17) is 0 Å². The van der Waals surface area contributed by atoms with Crippen molar-refractivity contribution in [1.82, 2.24) is 5.32 Å². The summed E-state index contributed by atoms with van der Waals surface area (Å²) < 4.78 is 14.0. The first kappa shape index (κ1) is 13.2. The monoisotopic (exact) mass is 327 g/mol. The summed E-state index contributed by atoms with van der Waals surface area (Å²) >= 11 is 4.78. The van der Waals surface area contributed by atoms with Gasteiger partial charge in [-0.05, 0) is 46.1 Å². The zero-order chi connectivity index (χ0) is 13.1. The first-order chi connectivity index (χ1) is 8.56. The Bertz CT molecular complexity index is 582. The van der Waals surface area contributed by atoms with Crippen LogP contribution in [-0.2, 0) is 6.54 Å². The van der Waals surface area contributed by atoms with Crippen LogP contribution in [0.25, 0.3) is 0 Å². The van der Waals surface area contributed by atoms with E-state index in [0.717, 1.165) is 9.35 Å². The lowest BCUT2D eigenvalue weighted by Gasteiger charge is -2.05. The molecule has 2 aromatic rings. The number of nitrogens with one attached hydrogen (secondary N) is 1. The van der Waals surface area contributed by atoms with Gasteiger partial charge in [0, 0.05) is 11.9 Å². The second-order valence-electron chi connectivity index (χ2n) is 3.91. The molecule has 0 aliphatic heterocycles. The van der Waals surface area contributed by atoms with Crippen LogP contribution in [0.2, 0.25) is 0 Å². The molecule has 0 fully saturated rings. The molecular weight excluding hydrogens is 317 g/mol. The smallest absolute Gasteiger partial charge is 0.252 e. The number of hydrogen-bond acceptors (Lipinski definition) is 2. The number of rotatable bonds is 3. The fourth-order valence-corrected chi connectivity index (χ4v) is 2.67. The maximum atomic E-state index is 13.1. The van der Waals surface area contributed by atoms with Crippen LogP contribution in [0.4, 0.5) is 4.39 Å². The van der Waals surface area contributed by atoms with Gasteiger partial charge in [0.1, 0.15) is 5.82 Å². The van der Waals surface area contributed by atoms with Gasteiger partial charge in [-0.25, -0.2) is 4.39 Å². The van der Waals surface area contributed by atoms with Crippen LogP contribution in [0.5, 0.6) is 0 Å². The number of aryl methyl sites for hydroxylation is 1. The van der Waals surface area contributed by atoms with Gasteiger partial charge in [-0.1, -0.05) is 12.1 Å². The predicted molar refractivity (Wildman–Crippen MR) is 74.3 cm³/mol. The highest BCUT2D eigenvalue weighted by atomic mass is 79.9. The summed E-state index contributed by atoms with van der Waals surface area (Å²) in [6.07, 6.45) is 0. The first-order valence-corrected chi connectivity index (χ1v) is 7.01. The maximum absolute atomic E-state index is 13.1. The van der Waals surface area contributed by atoms with Gasteiger partial charge < -0.3 is 5.32 Å². The molecule has 0 saturated carbocycles. The number of hydrogen-bond donors (Lipinski definition) is 1. The van der Waals surface area contributed by atoms with Crippen molar-refractivity contribution in [2.75, 3.05) is 0 Å². The summed E-state index contributed by atoms with van der Waals surface area (Å²) in [5, 5.41) is 4.59. The molecule has 1 amide bonds. The fraction of sp³-hybridized carbons (Fsp3) is 0.154. The number of halogens is 2. The van der Waals surface area contributed by atoms with E-state index in [-0.39, 0.29) is 11.7 Å². The summed E-state index contributed by atoms with van der Waals surface area (Å²) in [7, 11) is 0. The molecule has 2 nitrogen and oxygen atoms in total. The van der Waals surface area contributed by atoms with E-state index in [1.54, 1.807) is 30.5 Å². The average molecular weight is 328 g/mol. The zero-order valence-electron chi connectivity index (χ0n) is 9.67. The molecular formula is C13H11BrFNOS. The van der Waals surface area contributed by atoms with Crippen molar-refractivity contribution in [1.29, 1.82) is 0 Å². The molecule has 18 heavy (non-hydrogen) atoms. The third-order valence-electron chi connectivity index (χ3n) is 2.51. The maximum Gasteiger partial charge on any atom is 0.252 e. The number of benzene rings is 1. The summed E-state index contributed by atoms with van der Waals surface area (Å²) in [5.74, 6) is -0.356. The standard InChI is InChI=1S/C13H11BrFNOS/c1-8-4-9(2-3-11(8)15)6-16-13(17)10-5-12(14)18-7-10/h2-5,7H,6H2,1H3,(H,16,17). The minimum absolute atomic E-state index is 0.126. The largest absolute Gasteiger partial charge is 0.348 e. The summed E-state index contributed by atoms with van der Waals surface area (Å²) in [4.78, 5) is 11.8. The Hall–Kier alpha value is -1.20. The normalized spacial score (nSPS) is 10.4. The van der Waals surface area contributed by atoms with Crippen molar-refractivity contribution in [2.24, 2.45) is 0 Å². The highest BCUT2D eigenvalue weighted by molar-refractivity contribution is 9.11. The van der Waals surface area contributed by atoms with E-state index in [1.807, 2.05) is 0 Å². The molecule has 0 aliphatic rings. The number of carbonyl (C=O) groups excluding carboxylic acids is 1. The third-order valence-corrected chi connectivity index (χ3v) is 4.01. The quantitative estimate of drug-likeness (QED) is 0.910. The van der Waals surface area contributed by atoms with Gasteiger partial charge in [-0.15, -0.1) is 11.3 Å². The fourth-order valence-electron chi connectivity index (χ4n) is 1.53. The molecule has 1 aromatic carbocycles. The van der Waals surface area contributed by atoms with E-state index in [1.165, 1.54) is 17.4 Å². The second kappa shape index (κ2) is 5.63. The van der Waals surface area contributed by atoms with Gasteiger partial charge in [0.05, 0.1) is 9.35 Å². The van der Waals surface area contributed by atoms with Gasteiger partial charge in [-0.2, -0.15) is 0 Å². The van der Waals surface area contributed by atoms with E-state index < -0.39 is 0 Å². The van der Waals surface area contributed by atoms with Crippen LogP contribution in [0.15, 0.2) is 33.4 Å². The highest BCUT2D eigenvalue weighted by Crippen LogP contribution is 2.20. The van der Waals surface area contributed by atoms with Crippen molar-refractivity contribution in [3.8, 4) is 0 Å². The summed E-state index contributed by atoms with van der Waals surface area (Å²) in [5.41, 5.74) is 2.10. The van der Waals surface area contributed by atoms with Gasteiger partial charge >= 0.3 is 0 Å². The van der Waals surface area contributed by atoms with Gasteiger partial charge in [-0.3, -0.25) is 4.79 Å². The molecule has 2 rings (SSSR count). The lowest BCUT2D eigenvalue weighted by atomic mass is 10.1. The summed E-state index contributed by atoms with van der Waals surface area (Å²) in [6.45, 7) is 2.10. The van der Waals surface area contributed by atoms with Crippen LogP contribution in [0.1, 0.15) is 21.5 Å². The van der Waals surface area contributed by atoms with Crippen LogP contribution < -0.4 is 5.32 Å². The number of thiophene rings is 1. The molecule has 0 saturated heterocycles. The molecule has 0 spiro atoms. The third kappa shape index (κ3) is 3.17. The Kier molecular flexibility index (Phi) is 4.14. The molecule has 0 bridgehead atoms. The van der Waals surface area contributed by atoms with Gasteiger partial charge in [0.25, 0.3) is 5.91 Å². The molecule has 94 valence electrons. The van der Waals surface area contributed by atoms with E-state index >= 15 is 0 Å². The van der Waals surface area contributed by atoms with Gasteiger partial charge in [0.2, 0.25) is 0 Å². The molecule has 1 heterocycles. The molecule has 1 N–H and O–H groups in total. The van der Waals surface area contributed by atoms with Crippen LogP contribution >= 0.6 is 27.3 Å². The molecule has 0 unspecified atom stereocenters. The van der Waals surface area contributed by atoms with Crippen molar-refractivity contribution >= 4 is 33.2 Å². The molecule has 0 radical (unpaired) electrons. The molecule has 0 aliphatic carbocycles. The molecule has 0 atom stereocenters. The van der Waals surface area contributed by atoms with Crippen LogP contribution in [0, 0.1) is 12.7 Å². The predicted octanol–water partition coefficient (Wildman–Crippen LogP) is 3.89. The van der Waals surface area contributed by atoms with Crippen molar-refractivity contribution in [2.45, 2.75) is 13.5 Å². The van der Waals surface area contributed by atoms with Gasteiger partial charge in [0.15, 0.2) is 0 Å². The highest BCUT2D eigenvalue weighted by Gasteiger charge is 2.07.